The Kier molecular flexibility index (Phi) is 8.88. The van der Waals surface area contributed by atoms with E-state index in [4.69, 9.17) is 34.7 Å². The molecule has 206 valence electrons. The van der Waals surface area contributed by atoms with Crippen molar-refractivity contribution in [2.45, 2.75) is 23.2 Å². The molecule has 1 saturated heterocycles. The van der Waals surface area contributed by atoms with Crippen molar-refractivity contribution >= 4 is 58.1 Å². The number of amides is 2. The van der Waals surface area contributed by atoms with Crippen molar-refractivity contribution in [1.82, 2.24) is 4.90 Å². The molecule has 0 aliphatic carbocycles. The molecule has 1 fully saturated rings. The van der Waals surface area contributed by atoms with E-state index < -0.39 is 5.41 Å². The van der Waals surface area contributed by atoms with Gasteiger partial charge in [-0.1, -0.05) is 71.7 Å². The van der Waals surface area contributed by atoms with Gasteiger partial charge in [0.1, 0.15) is 0 Å². The van der Waals surface area contributed by atoms with Gasteiger partial charge in [0.25, 0.3) is 5.91 Å². The van der Waals surface area contributed by atoms with Crippen LogP contribution in [0.1, 0.15) is 28.1 Å². The van der Waals surface area contributed by atoms with Gasteiger partial charge < -0.3 is 16.4 Å². The highest BCUT2D eigenvalue weighted by Gasteiger charge is 2.42. The van der Waals surface area contributed by atoms with Crippen molar-refractivity contribution in [3.8, 4) is 21.6 Å². The van der Waals surface area contributed by atoms with Gasteiger partial charge in [0.2, 0.25) is 5.91 Å². The molecule has 4 aromatic rings. The Labute approximate surface area is 252 Å². The SMILES string of the molecule is NCCSc1ccc(-c2cc(C(=O)N3CCC(C(N)=O)(c4ccccc4)CC3)sc2-c2ccc(Cl)cc2Cl)cc1. The molecule has 0 unspecified atom stereocenters. The molecule has 1 aliphatic rings. The smallest absolute Gasteiger partial charge is 0.263 e. The van der Waals surface area contributed by atoms with Crippen LogP contribution in [0.5, 0.6) is 0 Å². The molecule has 0 saturated carbocycles. The first kappa shape index (κ1) is 28.7. The topological polar surface area (TPSA) is 89.4 Å². The number of likely N-dealkylation sites (tertiary alicyclic amines) is 1. The number of carbonyl (C=O) groups is 2. The van der Waals surface area contributed by atoms with Gasteiger partial charge in [-0.25, -0.2) is 0 Å². The van der Waals surface area contributed by atoms with Gasteiger partial charge in [0, 0.05) is 51.3 Å². The first-order valence-electron chi connectivity index (χ1n) is 13.0. The molecule has 5 nitrogen and oxygen atoms in total. The van der Waals surface area contributed by atoms with Crippen LogP contribution in [0.3, 0.4) is 0 Å². The van der Waals surface area contributed by atoms with Gasteiger partial charge >= 0.3 is 0 Å². The Bertz CT molecular complexity index is 1520. The van der Waals surface area contributed by atoms with Gasteiger partial charge in [-0.05, 0) is 54.3 Å². The number of halogens is 2. The Balaban J connectivity index is 1.46. The summed E-state index contributed by atoms with van der Waals surface area (Å²) in [5, 5.41) is 1.07. The lowest BCUT2D eigenvalue weighted by Gasteiger charge is -2.40. The first-order chi connectivity index (χ1) is 19.3. The van der Waals surface area contributed by atoms with Gasteiger partial charge in [0.05, 0.1) is 15.3 Å². The Hall–Kier alpha value is -2.81. The van der Waals surface area contributed by atoms with Gasteiger partial charge in [-0.3, -0.25) is 9.59 Å². The van der Waals surface area contributed by atoms with Gasteiger partial charge in [0.15, 0.2) is 0 Å². The van der Waals surface area contributed by atoms with E-state index in [1.165, 1.54) is 11.3 Å². The number of piperidine rings is 1. The molecule has 4 N–H and O–H groups in total. The van der Waals surface area contributed by atoms with E-state index in [1.54, 1.807) is 23.9 Å². The quantitative estimate of drug-likeness (QED) is 0.208. The molecule has 40 heavy (non-hydrogen) atoms. The second-order valence-corrected chi connectivity index (χ2v) is 12.8. The third kappa shape index (κ3) is 5.80. The molecular weight excluding hydrogens is 581 g/mol. The highest BCUT2D eigenvalue weighted by atomic mass is 35.5. The number of benzene rings is 3. The number of hydrogen-bond acceptors (Lipinski definition) is 5. The molecule has 0 bridgehead atoms. The minimum Gasteiger partial charge on any atom is -0.369 e. The Morgan fingerprint density at radius 2 is 1.62 bits per heavy atom. The summed E-state index contributed by atoms with van der Waals surface area (Å²) in [6, 6.07) is 25.2. The van der Waals surface area contributed by atoms with Crippen LogP contribution >= 0.6 is 46.3 Å². The number of thiophene rings is 1. The normalized spacial score (nSPS) is 14.7. The second kappa shape index (κ2) is 12.4. The maximum atomic E-state index is 13.8. The largest absolute Gasteiger partial charge is 0.369 e. The molecular formula is C31H29Cl2N3O2S2. The van der Waals surface area contributed by atoms with Crippen LogP contribution in [-0.4, -0.2) is 42.1 Å². The molecule has 3 aromatic carbocycles. The van der Waals surface area contributed by atoms with Crippen molar-refractivity contribution in [3.05, 3.63) is 99.3 Å². The number of thioether (sulfide) groups is 1. The molecule has 2 amide bonds. The van der Waals surface area contributed by atoms with Crippen LogP contribution in [0.2, 0.25) is 10.0 Å². The molecule has 9 heteroatoms. The zero-order valence-electron chi connectivity index (χ0n) is 21.7. The zero-order valence-corrected chi connectivity index (χ0v) is 24.9. The summed E-state index contributed by atoms with van der Waals surface area (Å²) >= 11 is 15.9. The number of rotatable bonds is 8. The molecule has 2 heterocycles. The van der Waals surface area contributed by atoms with Gasteiger partial charge in [-0.2, -0.15) is 0 Å². The highest BCUT2D eigenvalue weighted by molar-refractivity contribution is 7.99. The summed E-state index contributed by atoms with van der Waals surface area (Å²) in [7, 11) is 0. The lowest BCUT2D eigenvalue weighted by atomic mass is 9.72. The summed E-state index contributed by atoms with van der Waals surface area (Å²) in [5.74, 6) is 0.431. The van der Waals surface area contributed by atoms with Crippen molar-refractivity contribution < 1.29 is 9.59 Å². The number of nitrogens with two attached hydrogens (primary N) is 2. The average Bonchev–Trinajstić information content (AvgIpc) is 3.41. The van der Waals surface area contributed by atoms with E-state index in [0.717, 1.165) is 37.8 Å². The van der Waals surface area contributed by atoms with Crippen LogP contribution in [0.15, 0.2) is 83.8 Å². The van der Waals surface area contributed by atoms with Crippen LogP contribution in [-0.2, 0) is 10.2 Å². The highest BCUT2D eigenvalue weighted by Crippen LogP contribution is 2.44. The summed E-state index contributed by atoms with van der Waals surface area (Å²) in [4.78, 5) is 30.9. The lowest BCUT2D eigenvalue weighted by Crippen LogP contribution is -2.51. The molecule has 0 atom stereocenters. The summed E-state index contributed by atoms with van der Waals surface area (Å²) in [6.45, 7) is 1.49. The molecule has 0 radical (unpaired) electrons. The van der Waals surface area contributed by atoms with E-state index in [2.05, 4.69) is 24.3 Å². The number of primary amides is 1. The third-order valence-electron chi connectivity index (χ3n) is 7.37. The van der Waals surface area contributed by atoms with Crippen molar-refractivity contribution in [1.29, 1.82) is 0 Å². The molecule has 1 aliphatic heterocycles. The number of carbonyl (C=O) groups excluding carboxylic acids is 2. The second-order valence-electron chi connectivity index (χ2n) is 9.74. The van der Waals surface area contributed by atoms with E-state index in [-0.39, 0.29) is 11.8 Å². The van der Waals surface area contributed by atoms with Crippen molar-refractivity contribution in [2.24, 2.45) is 11.5 Å². The fraction of sp³-hybridized carbons (Fsp3) is 0.226. The zero-order chi connectivity index (χ0) is 28.3. The van der Waals surface area contributed by atoms with Crippen LogP contribution < -0.4 is 11.5 Å². The minimum atomic E-state index is -0.774. The predicted octanol–water partition coefficient (Wildman–Crippen LogP) is 7.10. The third-order valence-corrected chi connectivity index (χ3v) is 10.1. The molecule has 1 aromatic heterocycles. The van der Waals surface area contributed by atoms with E-state index in [0.29, 0.717) is 47.4 Å². The van der Waals surface area contributed by atoms with E-state index >= 15 is 0 Å². The monoisotopic (exact) mass is 609 g/mol. The maximum Gasteiger partial charge on any atom is 0.263 e. The van der Waals surface area contributed by atoms with E-state index in [9.17, 15) is 9.59 Å². The van der Waals surface area contributed by atoms with Crippen LogP contribution in [0.4, 0.5) is 0 Å². The summed E-state index contributed by atoms with van der Waals surface area (Å²) in [5.41, 5.74) is 14.4. The van der Waals surface area contributed by atoms with E-state index in [1.807, 2.05) is 47.4 Å². The van der Waals surface area contributed by atoms with Gasteiger partial charge in [-0.15, -0.1) is 23.1 Å². The van der Waals surface area contributed by atoms with Crippen LogP contribution in [0.25, 0.3) is 21.6 Å². The first-order valence-corrected chi connectivity index (χ1v) is 15.6. The summed E-state index contributed by atoms with van der Waals surface area (Å²) in [6.07, 6.45) is 0.961. The maximum absolute atomic E-state index is 13.8. The Morgan fingerprint density at radius 1 is 0.925 bits per heavy atom. The fourth-order valence-corrected chi connectivity index (χ4v) is 7.60. The predicted molar refractivity (Wildman–Crippen MR) is 167 cm³/mol. The number of hydrogen-bond donors (Lipinski definition) is 2. The van der Waals surface area contributed by atoms with Crippen molar-refractivity contribution in [2.75, 3.05) is 25.4 Å². The number of nitrogens with zero attached hydrogens (tertiary/aromatic N) is 1. The molecule has 5 rings (SSSR count). The molecule has 0 spiro atoms. The lowest BCUT2D eigenvalue weighted by molar-refractivity contribution is -0.125. The van der Waals surface area contributed by atoms with Crippen molar-refractivity contribution in [3.63, 3.8) is 0 Å². The minimum absolute atomic E-state index is 0.0659. The van der Waals surface area contributed by atoms with Crippen LogP contribution in [0, 0.1) is 0 Å². The fourth-order valence-electron chi connectivity index (χ4n) is 5.17. The summed E-state index contributed by atoms with van der Waals surface area (Å²) < 4.78 is 0. The standard InChI is InChI=1S/C31H29Cl2N3O2S2/c32-22-8-11-24(26(33)18-22)28-25(20-6-9-23(10-7-20)39-17-14-34)19-27(40-28)29(37)36-15-12-31(13-16-36,30(35)38)21-4-2-1-3-5-21/h1-11,18-19H,12-17,34H2,(H2,35,38). The average molecular weight is 611 g/mol. The Morgan fingerprint density at radius 3 is 2.25 bits per heavy atom.